The van der Waals surface area contributed by atoms with Crippen LogP contribution in [0, 0.1) is 0 Å². The second-order valence-electron chi connectivity index (χ2n) is 5.57. The number of hydrogen-bond acceptors (Lipinski definition) is 7. The molecule has 0 bridgehead atoms. The van der Waals surface area contributed by atoms with E-state index in [9.17, 15) is 13.2 Å². The zero-order valence-electron chi connectivity index (χ0n) is 13.0. The highest BCUT2D eigenvalue weighted by Gasteiger charge is 2.23. The third-order valence-corrected chi connectivity index (χ3v) is 5.77. The monoisotopic (exact) mass is 375 g/mol. The zero-order chi connectivity index (χ0) is 17.4. The summed E-state index contributed by atoms with van der Waals surface area (Å²) in [5.41, 5.74) is 1.54. The van der Waals surface area contributed by atoms with Gasteiger partial charge in [-0.25, -0.2) is 0 Å². The quantitative estimate of drug-likeness (QED) is 0.651. The van der Waals surface area contributed by atoms with Crippen molar-refractivity contribution in [2.75, 3.05) is 11.4 Å². The van der Waals surface area contributed by atoms with Crippen LogP contribution in [0.25, 0.3) is 11.0 Å². The average Bonchev–Trinajstić information content (AvgIpc) is 3.23. The maximum atomic E-state index is 12.6. The predicted molar refractivity (Wildman–Crippen MR) is 93.3 cm³/mol. The summed E-state index contributed by atoms with van der Waals surface area (Å²) in [7, 11) is -4.03. The Balaban J connectivity index is 1.61. The highest BCUT2D eigenvalue weighted by molar-refractivity contribution is 7.87. The Labute approximate surface area is 148 Å². The molecule has 0 N–H and O–H groups in total. The number of benzene rings is 2. The standard InChI is InChI=1S/C16H13N3O4S2/c20-15-5-2-10-19(15)11-6-8-12(9-7-11)23-25(21,22)14-4-1-3-13-16(14)18-24-17-13/h1,3-4,6-9H,2,5,10H2. The van der Waals surface area contributed by atoms with Crippen molar-refractivity contribution in [1.29, 1.82) is 0 Å². The first-order chi connectivity index (χ1) is 12.0. The van der Waals surface area contributed by atoms with Gasteiger partial charge in [0, 0.05) is 18.7 Å². The van der Waals surface area contributed by atoms with Gasteiger partial charge in [-0.1, -0.05) is 6.07 Å². The molecular weight excluding hydrogens is 362 g/mol. The summed E-state index contributed by atoms with van der Waals surface area (Å²) in [4.78, 5) is 13.4. The van der Waals surface area contributed by atoms with Crippen molar-refractivity contribution in [3.63, 3.8) is 0 Å². The smallest absolute Gasteiger partial charge is 0.341 e. The van der Waals surface area contributed by atoms with Crippen LogP contribution in [-0.2, 0) is 14.9 Å². The summed E-state index contributed by atoms with van der Waals surface area (Å²) in [5, 5.41) is 0. The molecule has 0 unspecified atom stereocenters. The van der Waals surface area contributed by atoms with E-state index in [1.165, 1.54) is 18.2 Å². The molecule has 9 heteroatoms. The van der Waals surface area contributed by atoms with Crippen LogP contribution in [0.1, 0.15) is 12.8 Å². The number of amides is 1. The normalized spacial score (nSPS) is 15.0. The van der Waals surface area contributed by atoms with Gasteiger partial charge in [0.15, 0.2) is 0 Å². The highest BCUT2D eigenvalue weighted by atomic mass is 32.2. The molecule has 2 aromatic carbocycles. The van der Waals surface area contributed by atoms with E-state index < -0.39 is 10.1 Å². The number of fused-ring (bicyclic) bond motifs is 1. The molecule has 0 radical (unpaired) electrons. The molecule has 4 rings (SSSR count). The number of rotatable bonds is 4. The van der Waals surface area contributed by atoms with Gasteiger partial charge in [-0.15, -0.1) is 0 Å². The average molecular weight is 375 g/mol. The minimum atomic E-state index is -4.03. The van der Waals surface area contributed by atoms with E-state index in [0.29, 0.717) is 24.0 Å². The fourth-order valence-corrected chi connectivity index (χ4v) is 4.45. The van der Waals surface area contributed by atoms with Crippen LogP contribution in [0.2, 0.25) is 0 Å². The Hall–Kier alpha value is -2.52. The van der Waals surface area contributed by atoms with Crippen molar-refractivity contribution in [2.24, 2.45) is 0 Å². The Morgan fingerprint density at radius 2 is 1.88 bits per heavy atom. The number of carbonyl (C=O) groups is 1. The van der Waals surface area contributed by atoms with Crippen LogP contribution in [0.3, 0.4) is 0 Å². The Morgan fingerprint density at radius 3 is 2.60 bits per heavy atom. The SMILES string of the molecule is O=C1CCCN1c1ccc(OS(=O)(=O)c2cccc3nsnc23)cc1. The van der Waals surface area contributed by atoms with Gasteiger partial charge >= 0.3 is 10.1 Å². The minimum absolute atomic E-state index is 0.0162. The minimum Gasteiger partial charge on any atom is -0.379 e. The molecule has 0 saturated carbocycles. The second-order valence-corrected chi connectivity index (χ2v) is 7.61. The lowest BCUT2D eigenvalue weighted by Crippen LogP contribution is -2.23. The molecule has 1 aromatic heterocycles. The van der Waals surface area contributed by atoms with E-state index in [2.05, 4.69) is 8.75 Å². The van der Waals surface area contributed by atoms with E-state index in [4.69, 9.17) is 4.18 Å². The van der Waals surface area contributed by atoms with Gasteiger partial charge in [0.2, 0.25) is 5.91 Å². The van der Waals surface area contributed by atoms with Crippen LogP contribution in [0.5, 0.6) is 5.75 Å². The van der Waals surface area contributed by atoms with Crippen molar-refractivity contribution in [3.8, 4) is 5.75 Å². The third kappa shape index (κ3) is 2.96. The fraction of sp³-hybridized carbons (Fsp3) is 0.188. The molecule has 2 heterocycles. The first kappa shape index (κ1) is 16.0. The third-order valence-electron chi connectivity index (χ3n) is 3.95. The Morgan fingerprint density at radius 1 is 1.08 bits per heavy atom. The fourth-order valence-electron chi connectivity index (χ4n) is 2.76. The summed E-state index contributed by atoms with van der Waals surface area (Å²) in [6.07, 6.45) is 1.37. The molecule has 128 valence electrons. The summed E-state index contributed by atoms with van der Waals surface area (Å²) in [5.74, 6) is 0.250. The summed E-state index contributed by atoms with van der Waals surface area (Å²) >= 11 is 0.948. The lowest BCUT2D eigenvalue weighted by Gasteiger charge is -2.16. The van der Waals surface area contributed by atoms with Crippen LogP contribution in [-0.4, -0.2) is 29.6 Å². The lowest BCUT2D eigenvalue weighted by atomic mass is 10.3. The van der Waals surface area contributed by atoms with E-state index in [0.717, 1.165) is 23.8 Å². The van der Waals surface area contributed by atoms with Crippen LogP contribution < -0.4 is 9.08 Å². The van der Waals surface area contributed by atoms with Crippen LogP contribution in [0.15, 0.2) is 47.4 Å². The molecular formula is C16H13N3O4S2. The molecule has 3 aromatic rings. The van der Waals surface area contributed by atoms with E-state index in [1.54, 1.807) is 29.2 Å². The number of hydrogen-bond donors (Lipinski definition) is 0. The van der Waals surface area contributed by atoms with Gasteiger partial charge in [0.05, 0.1) is 11.7 Å². The highest BCUT2D eigenvalue weighted by Crippen LogP contribution is 2.27. The topological polar surface area (TPSA) is 89.5 Å². The van der Waals surface area contributed by atoms with Crippen molar-refractivity contribution in [2.45, 2.75) is 17.7 Å². The molecule has 7 nitrogen and oxygen atoms in total. The van der Waals surface area contributed by atoms with E-state index in [-0.39, 0.29) is 16.6 Å². The first-order valence-electron chi connectivity index (χ1n) is 7.61. The maximum absolute atomic E-state index is 12.6. The molecule has 1 aliphatic rings. The Kier molecular flexibility index (Phi) is 3.89. The molecule has 0 aliphatic carbocycles. The molecule has 0 spiro atoms. The van der Waals surface area contributed by atoms with Crippen LogP contribution >= 0.6 is 11.7 Å². The molecule has 1 fully saturated rings. The van der Waals surface area contributed by atoms with Gasteiger partial charge in [-0.2, -0.15) is 17.2 Å². The predicted octanol–water partition coefficient (Wildman–Crippen LogP) is 2.59. The number of anilines is 1. The van der Waals surface area contributed by atoms with Crippen molar-refractivity contribution < 1.29 is 17.4 Å². The van der Waals surface area contributed by atoms with E-state index in [1.807, 2.05) is 0 Å². The summed E-state index contributed by atoms with van der Waals surface area (Å²) < 4.78 is 38.4. The van der Waals surface area contributed by atoms with Crippen molar-refractivity contribution >= 4 is 44.5 Å². The Bertz CT molecular complexity index is 1040. The molecule has 1 saturated heterocycles. The molecule has 0 atom stereocenters. The number of nitrogens with zero attached hydrogens (tertiary/aromatic N) is 3. The molecule has 25 heavy (non-hydrogen) atoms. The molecule has 1 amide bonds. The van der Waals surface area contributed by atoms with Crippen molar-refractivity contribution in [1.82, 2.24) is 8.75 Å². The number of carbonyl (C=O) groups excluding carboxylic acids is 1. The van der Waals surface area contributed by atoms with Gasteiger partial charge in [0.25, 0.3) is 0 Å². The maximum Gasteiger partial charge on any atom is 0.341 e. The van der Waals surface area contributed by atoms with E-state index >= 15 is 0 Å². The van der Waals surface area contributed by atoms with Crippen LogP contribution in [0.4, 0.5) is 5.69 Å². The number of aromatic nitrogens is 2. The van der Waals surface area contributed by atoms with Gasteiger partial charge in [-0.3, -0.25) is 4.79 Å². The first-order valence-corrected chi connectivity index (χ1v) is 9.75. The lowest BCUT2D eigenvalue weighted by molar-refractivity contribution is -0.117. The largest absolute Gasteiger partial charge is 0.379 e. The van der Waals surface area contributed by atoms with Gasteiger partial charge < -0.3 is 9.08 Å². The summed E-state index contributed by atoms with van der Waals surface area (Å²) in [6, 6.07) is 11.2. The zero-order valence-corrected chi connectivity index (χ0v) is 14.6. The second kappa shape index (κ2) is 6.08. The van der Waals surface area contributed by atoms with Gasteiger partial charge in [0.1, 0.15) is 21.7 Å². The van der Waals surface area contributed by atoms with Gasteiger partial charge in [-0.05, 0) is 42.8 Å². The van der Waals surface area contributed by atoms with Crippen molar-refractivity contribution in [3.05, 3.63) is 42.5 Å². The molecule has 1 aliphatic heterocycles. The summed E-state index contributed by atoms with van der Waals surface area (Å²) in [6.45, 7) is 0.677.